The lowest BCUT2D eigenvalue weighted by atomic mass is 10.1. The van der Waals surface area contributed by atoms with Gasteiger partial charge >= 0.3 is 0 Å². The molecule has 5 heteroatoms. The predicted octanol–water partition coefficient (Wildman–Crippen LogP) is -1.70. The van der Waals surface area contributed by atoms with Crippen molar-refractivity contribution >= 4 is 11.6 Å². The van der Waals surface area contributed by atoms with Crippen molar-refractivity contribution < 1.29 is 20.4 Å². The Morgan fingerprint density at radius 1 is 1.10 bits per heavy atom. The van der Waals surface area contributed by atoms with Crippen LogP contribution in [0.4, 0.5) is 0 Å². The molecule has 4 N–H and O–H groups in total. The molecule has 10 heavy (non-hydrogen) atoms. The fraction of sp³-hybridized carbons (Fsp3) is 1.00. The van der Waals surface area contributed by atoms with Gasteiger partial charge in [0, 0.05) is 0 Å². The number of aliphatic hydroxyl groups is 4. The second kappa shape index (κ2) is 4.87. The van der Waals surface area contributed by atoms with E-state index in [0.29, 0.717) is 0 Å². The van der Waals surface area contributed by atoms with Gasteiger partial charge in [-0.1, -0.05) is 0 Å². The first-order valence-corrected chi connectivity index (χ1v) is 3.29. The Balaban J connectivity index is 3.69. The lowest BCUT2D eigenvalue weighted by Crippen LogP contribution is -2.38. The van der Waals surface area contributed by atoms with Gasteiger partial charge in [0.05, 0.1) is 18.6 Å². The normalized spacial score (nSPS) is 20.1. The number of hydrogen-bond acceptors (Lipinski definition) is 4. The van der Waals surface area contributed by atoms with Crippen LogP contribution in [0.3, 0.4) is 0 Å². The summed E-state index contributed by atoms with van der Waals surface area (Å²) in [5.74, 6) is 0. The van der Waals surface area contributed by atoms with Crippen molar-refractivity contribution in [2.75, 3.05) is 13.2 Å². The molecule has 0 aliphatic carbocycles. The lowest BCUT2D eigenvalue weighted by Gasteiger charge is -2.18. The van der Waals surface area contributed by atoms with Crippen LogP contribution in [0.2, 0.25) is 0 Å². The van der Waals surface area contributed by atoms with Crippen molar-refractivity contribution in [1.82, 2.24) is 0 Å². The zero-order valence-corrected chi connectivity index (χ0v) is 6.07. The number of rotatable bonds is 4. The van der Waals surface area contributed by atoms with Crippen LogP contribution in [0.15, 0.2) is 0 Å². The SMILES string of the molecule is OC[C@@H](O)[C@@H](O)[C@@H](Cl)CO. The van der Waals surface area contributed by atoms with Crippen molar-refractivity contribution in [3.05, 3.63) is 0 Å². The van der Waals surface area contributed by atoms with Crippen molar-refractivity contribution in [2.45, 2.75) is 17.6 Å². The highest BCUT2D eigenvalue weighted by molar-refractivity contribution is 6.21. The summed E-state index contributed by atoms with van der Waals surface area (Å²) in [6.07, 6.45) is -2.56. The van der Waals surface area contributed by atoms with E-state index in [-0.39, 0.29) is 0 Å². The lowest BCUT2D eigenvalue weighted by molar-refractivity contribution is -0.0215. The van der Waals surface area contributed by atoms with Crippen LogP contribution in [-0.4, -0.2) is 51.2 Å². The van der Waals surface area contributed by atoms with E-state index in [4.69, 9.17) is 32.0 Å². The highest BCUT2D eigenvalue weighted by Crippen LogP contribution is 2.05. The van der Waals surface area contributed by atoms with E-state index in [1.807, 2.05) is 0 Å². The van der Waals surface area contributed by atoms with Crippen LogP contribution in [0, 0.1) is 0 Å². The monoisotopic (exact) mass is 170 g/mol. The van der Waals surface area contributed by atoms with Gasteiger partial charge in [-0.25, -0.2) is 0 Å². The van der Waals surface area contributed by atoms with E-state index in [0.717, 1.165) is 0 Å². The van der Waals surface area contributed by atoms with Crippen LogP contribution in [0.25, 0.3) is 0 Å². The van der Waals surface area contributed by atoms with E-state index < -0.39 is 30.8 Å². The van der Waals surface area contributed by atoms with Gasteiger partial charge in [0.25, 0.3) is 0 Å². The molecule has 62 valence electrons. The van der Waals surface area contributed by atoms with Crippen LogP contribution < -0.4 is 0 Å². The smallest absolute Gasteiger partial charge is 0.104 e. The minimum atomic E-state index is -1.28. The third kappa shape index (κ3) is 2.81. The van der Waals surface area contributed by atoms with Gasteiger partial charge in [0.2, 0.25) is 0 Å². The van der Waals surface area contributed by atoms with Gasteiger partial charge in [-0.05, 0) is 0 Å². The van der Waals surface area contributed by atoms with Crippen LogP contribution in [-0.2, 0) is 0 Å². The summed E-state index contributed by atoms with van der Waals surface area (Å²) < 4.78 is 0. The zero-order valence-electron chi connectivity index (χ0n) is 5.31. The Morgan fingerprint density at radius 3 is 1.90 bits per heavy atom. The Labute approximate surface area is 63.7 Å². The molecule has 0 radical (unpaired) electrons. The molecule has 0 heterocycles. The Kier molecular flexibility index (Phi) is 4.93. The summed E-state index contributed by atoms with van der Waals surface area (Å²) in [6.45, 7) is -0.996. The van der Waals surface area contributed by atoms with E-state index in [1.54, 1.807) is 0 Å². The molecule has 0 aliphatic heterocycles. The third-order valence-electron chi connectivity index (χ3n) is 1.13. The van der Waals surface area contributed by atoms with Crippen molar-refractivity contribution in [3.63, 3.8) is 0 Å². The Morgan fingerprint density at radius 2 is 1.60 bits per heavy atom. The molecule has 0 unspecified atom stereocenters. The summed E-state index contributed by atoms with van der Waals surface area (Å²) in [7, 11) is 0. The largest absolute Gasteiger partial charge is 0.395 e. The second-order valence-electron chi connectivity index (χ2n) is 1.94. The van der Waals surface area contributed by atoms with Gasteiger partial charge in [-0.3, -0.25) is 0 Å². The van der Waals surface area contributed by atoms with Crippen molar-refractivity contribution in [3.8, 4) is 0 Å². The predicted molar refractivity (Wildman–Crippen MR) is 35.8 cm³/mol. The molecule has 3 atom stereocenters. The molecule has 0 aromatic carbocycles. The molecule has 0 fully saturated rings. The average molecular weight is 171 g/mol. The first-order chi connectivity index (χ1) is 4.63. The molecule has 4 nitrogen and oxygen atoms in total. The Bertz CT molecular complexity index is 79.7. The quantitative estimate of drug-likeness (QED) is 0.379. The molecule has 0 aliphatic rings. The minimum Gasteiger partial charge on any atom is -0.395 e. The van der Waals surface area contributed by atoms with E-state index in [1.165, 1.54) is 0 Å². The maximum atomic E-state index is 8.88. The van der Waals surface area contributed by atoms with Gasteiger partial charge in [0.1, 0.15) is 12.2 Å². The topological polar surface area (TPSA) is 80.9 Å². The first-order valence-electron chi connectivity index (χ1n) is 2.85. The highest BCUT2D eigenvalue weighted by atomic mass is 35.5. The van der Waals surface area contributed by atoms with Gasteiger partial charge < -0.3 is 20.4 Å². The summed E-state index contributed by atoms with van der Waals surface area (Å²) >= 11 is 5.32. The van der Waals surface area contributed by atoms with Crippen molar-refractivity contribution in [1.29, 1.82) is 0 Å². The number of aliphatic hydroxyl groups excluding tert-OH is 4. The summed E-state index contributed by atoms with van der Waals surface area (Å²) in [5.41, 5.74) is 0. The fourth-order valence-electron chi connectivity index (χ4n) is 0.457. The highest BCUT2D eigenvalue weighted by Gasteiger charge is 2.22. The summed E-state index contributed by atoms with van der Waals surface area (Å²) in [5, 5.41) is 33.4. The van der Waals surface area contributed by atoms with Crippen LogP contribution in [0.5, 0.6) is 0 Å². The molecular weight excluding hydrogens is 160 g/mol. The summed E-state index contributed by atoms with van der Waals surface area (Å²) in [4.78, 5) is 0. The van der Waals surface area contributed by atoms with E-state index in [2.05, 4.69) is 0 Å². The molecular formula is C5H11ClO4. The van der Waals surface area contributed by atoms with Gasteiger partial charge in [-0.15, -0.1) is 11.6 Å². The molecule has 0 amide bonds. The third-order valence-corrected chi connectivity index (χ3v) is 1.52. The van der Waals surface area contributed by atoms with E-state index in [9.17, 15) is 0 Å². The Hall–Kier alpha value is 0.130. The minimum absolute atomic E-state index is 0.431. The number of alkyl halides is 1. The second-order valence-corrected chi connectivity index (χ2v) is 2.50. The molecule has 0 aromatic heterocycles. The summed E-state index contributed by atoms with van der Waals surface area (Å²) in [6, 6.07) is 0. The van der Waals surface area contributed by atoms with Gasteiger partial charge in [-0.2, -0.15) is 0 Å². The zero-order chi connectivity index (χ0) is 8.15. The average Bonchev–Trinajstić information content (AvgIpc) is 2.00. The van der Waals surface area contributed by atoms with Crippen molar-refractivity contribution in [2.24, 2.45) is 0 Å². The fourth-order valence-corrected chi connectivity index (χ4v) is 0.625. The molecule has 0 spiro atoms. The first kappa shape index (κ1) is 10.1. The van der Waals surface area contributed by atoms with Gasteiger partial charge in [0.15, 0.2) is 0 Å². The maximum absolute atomic E-state index is 8.88. The molecule has 0 aromatic rings. The van der Waals surface area contributed by atoms with E-state index >= 15 is 0 Å². The number of halogens is 1. The molecule has 0 saturated carbocycles. The maximum Gasteiger partial charge on any atom is 0.104 e. The molecule has 0 bridgehead atoms. The number of hydrogen-bond donors (Lipinski definition) is 4. The molecule has 0 saturated heterocycles. The van der Waals surface area contributed by atoms with Crippen LogP contribution >= 0.6 is 11.6 Å². The molecule has 0 rings (SSSR count). The van der Waals surface area contributed by atoms with Crippen LogP contribution in [0.1, 0.15) is 0 Å². The standard InChI is InChI=1S/C5H11ClO4/c6-3(1-7)5(10)4(9)2-8/h3-5,7-10H,1-2H2/t3-,4+,5-/m0/s1.